The summed E-state index contributed by atoms with van der Waals surface area (Å²) in [4.78, 5) is 12.8. The largest absolute Gasteiger partial charge is 0.390 e. The maximum absolute atomic E-state index is 12.8. The van der Waals surface area contributed by atoms with Crippen LogP contribution in [0.4, 0.5) is 0 Å². The number of fused-ring (bicyclic) bond motifs is 3. The highest BCUT2D eigenvalue weighted by molar-refractivity contribution is 5.94. The predicted molar refractivity (Wildman–Crippen MR) is 75.2 cm³/mol. The van der Waals surface area contributed by atoms with Gasteiger partial charge >= 0.3 is 0 Å². The van der Waals surface area contributed by atoms with Crippen molar-refractivity contribution in [2.75, 3.05) is 13.2 Å². The zero-order chi connectivity index (χ0) is 15.5. The van der Waals surface area contributed by atoms with Gasteiger partial charge in [0.2, 0.25) is 5.78 Å². The van der Waals surface area contributed by atoms with Gasteiger partial charge in [-0.05, 0) is 37.5 Å². The van der Waals surface area contributed by atoms with Crippen LogP contribution in [0.15, 0.2) is 12.2 Å². The molecule has 5 nitrogen and oxygen atoms in total. The average Bonchev–Trinajstić information content (AvgIpc) is 2.47. The highest BCUT2D eigenvalue weighted by Gasteiger charge is 2.67. The predicted octanol–water partition coefficient (Wildman–Crippen LogP) is 0.626. The maximum atomic E-state index is 12.8. The van der Waals surface area contributed by atoms with Crippen LogP contribution in [-0.4, -0.2) is 45.7 Å². The molecule has 3 rings (SSSR count). The quantitative estimate of drug-likeness (QED) is 0.618. The van der Waals surface area contributed by atoms with Gasteiger partial charge in [-0.15, -0.1) is 0 Å². The van der Waals surface area contributed by atoms with Gasteiger partial charge in [0.1, 0.15) is 12.2 Å². The summed E-state index contributed by atoms with van der Waals surface area (Å²) in [5.74, 6) is -2.00. The molecule has 0 radical (unpaired) electrons. The summed E-state index contributed by atoms with van der Waals surface area (Å²) in [6.45, 7) is 2.95. The zero-order valence-corrected chi connectivity index (χ0v) is 12.6. The first-order chi connectivity index (χ1) is 9.77. The number of ether oxygens (including phenoxy) is 1. The van der Waals surface area contributed by atoms with E-state index in [0.717, 1.165) is 19.3 Å². The van der Waals surface area contributed by atoms with Gasteiger partial charge in [-0.1, -0.05) is 25.5 Å². The van der Waals surface area contributed by atoms with E-state index in [0.29, 0.717) is 5.92 Å². The van der Waals surface area contributed by atoms with Crippen LogP contribution in [0.3, 0.4) is 0 Å². The zero-order valence-electron chi connectivity index (χ0n) is 12.6. The number of Topliss-reactive ketones (excluding diaryl/α,β-unsaturated/α-hetero) is 1. The average molecular weight is 296 g/mol. The van der Waals surface area contributed by atoms with Gasteiger partial charge in [-0.3, -0.25) is 4.79 Å². The van der Waals surface area contributed by atoms with E-state index >= 15 is 0 Å². The highest BCUT2D eigenvalue weighted by atomic mass is 16.6. The van der Waals surface area contributed by atoms with E-state index in [-0.39, 0.29) is 18.4 Å². The van der Waals surface area contributed by atoms with Gasteiger partial charge in [0.25, 0.3) is 5.79 Å². The molecule has 6 atom stereocenters. The van der Waals surface area contributed by atoms with Gasteiger partial charge in [0, 0.05) is 0 Å². The summed E-state index contributed by atoms with van der Waals surface area (Å²) < 4.78 is 5.12. The molecule has 0 spiro atoms. The second-order valence-electron chi connectivity index (χ2n) is 7.23. The van der Waals surface area contributed by atoms with Crippen LogP contribution >= 0.6 is 0 Å². The van der Waals surface area contributed by atoms with Crippen molar-refractivity contribution in [1.29, 1.82) is 0 Å². The van der Waals surface area contributed by atoms with Gasteiger partial charge in [0.15, 0.2) is 0 Å². The summed E-state index contributed by atoms with van der Waals surface area (Å²) in [6, 6.07) is 0. The normalized spacial score (nSPS) is 53.2. The van der Waals surface area contributed by atoms with Gasteiger partial charge in [0.05, 0.1) is 12.0 Å². The molecule has 3 N–H and O–H groups in total. The molecular formula is C16H24O5. The number of aliphatic hydroxyl groups excluding tert-OH is 1. The van der Waals surface area contributed by atoms with Crippen molar-refractivity contribution in [3.63, 3.8) is 0 Å². The molecule has 0 aromatic rings. The molecule has 5 heteroatoms. The standard InChI is InChI=1S/C16H24O5/c1-10-3-4-12-11(7-10)5-6-15(19)9-21-16(20,8-17)13(18)14(12,15)2/h5-6,10-12,17,19-20H,3-4,7-9H2,1-2H3/t10-,11-,12-,14-,15-,16-/m0/s1. The molecule has 118 valence electrons. The Morgan fingerprint density at radius 1 is 1.38 bits per heavy atom. The van der Waals surface area contributed by atoms with E-state index in [1.54, 1.807) is 13.0 Å². The van der Waals surface area contributed by atoms with E-state index in [2.05, 4.69) is 6.92 Å². The van der Waals surface area contributed by atoms with E-state index in [9.17, 15) is 20.1 Å². The number of ketones is 1. The molecule has 21 heavy (non-hydrogen) atoms. The molecule has 0 bridgehead atoms. The monoisotopic (exact) mass is 296 g/mol. The summed E-state index contributed by atoms with van der Waals surface area (Å²) in [6.07, 6.45) is 6.50. The second-order valence-corrected chi connectivity index (χ2v) is 7.23. The third-order valence-corrected chi connectivity index (χ3v) is 5.99. The first-order valence-electron chi connectivity index (χ1n) is 7.71. The molecule has 0 unspecified atom stereocenters. The Bertz CT molecular complexity index is 489. The number of hydrogen-bond acceptors (Lipinski definition) is 5. The van der Waals surface area contributed by atoms with Gasteiger partial charge in [-0.25, -0.2) is 0 Å². The van der Waals surface area contributed by atoms with E-state index in [1.807, 2.05) is 6.08 Å². The molecule has 1 saturated heterocycles. The van der Waals surface area contributed by atoms with Crippen LogP contribution in [0.5, 0.6) is 0 Å². The van der Waals surface area contributed by atoms with Gasteiger partial charge < -0.3 is 20.1 Å². The Hall–Kier alpha value is -0.750. The van der Waals surface area contributed by atoms with Crippen LogP contribution < -0.4 is 0 Å². The lowest BCUT2D eigenvalue weighted by Crippen LogP contribution is -2.71. The van der Waals surface area contributed by atoms with E-state index in [1.165, 1.54) is 0 Å². The van der Waals surface area contributed by atoms with Crippen molar-refractivity contribution in [2.24, 2.45) is 23.2 Å². The molecular weight excluding hydrogens is 272 g/mol. The van der Waals surface area contributed by atoms with Crippen LogP contribution in [0.25, 0.3) is 0 Å². The molecule has 3 aliphatic rings. The summed E-state index contributed by atoms with van der Waals surface area (Å²) in [5.41, 5.74) is -2.53. The Balaban J connectivity index is 2.06. The summed E-state index contributed by atoms with van der Waals surface area (Å²) in [5, 5.41) is 30.5. The van der Waals surface area contributed by atoms with Gasteiger partial charge in [-0.2, -0.15) is 0 Å². The van der Waals surface area contributed by atoms with Crippen LogP contribution in [-0.2, 0) is 9.53 Å². The van der Waals surface area contributed by atoms with Crippen LogP contribution in [0.1, 0.15) is 33.1 Å². The molecule has 0 aromatic carbocycles. The van der Waals surface area contributed by atoms with Crippen molar-refractivity contribution >= 4 is 5.78 Å². The molecule has 0 amide bonds. The Kier molecular flexibility index (Phi) is 3.34. The van der Waals surface area contributed by atoms with Crippen LogP contribution in [0.2, 0.25) is 0 Å². The van der Waals surface area contributed by atoms with Crippen LogP contribution in [0, 0.1) is 23.2 Å². The minimum absolute atomic E-state index is 0.0295. The molecule has 1 saturated carbocycles. The Labute approximate surface area is 124 Å². The number of allylic oxidation sites excluding steroid dienone is 1. The molecule has 1 aliphatic heterocycles. The molecule has 2 fully saturated rings. The van der Waals surface area contributed by atoms with Crippen molar-refractivity contribution in [1.82, 2.24) is 0 Å². The minimum Gasteiger partial charge on any atom is -0.390 e. The number of aliphatic hydroxyl groups is 3. The SMILES string of the molecule is C[C@H]1CC[C@H]2[C@@H](C=C[C@]3(O)CO[C@@](O)(CO)C(=O)[C@]23C)C1. The molecule has 1 heterocycles. The van der Waals surface area contributed by atoms with Crippen molar-refractivity contribution in [2.45, 2.75) is 44.5 Å². The Morgan fingerprint density at radius 3 is 2.76 bits per heavy atom. The van der Waals surface area contributed by atoms with Crippen molar-refractivity contribution in [3.05, 3.63) is 12.2 Å². The fourth-order valence-corrected chi connectivity index (χ4v) is 4.51. The third-order valence-electron chi connectivity index (χ3n) is 5.99. The fraction of sp³-hybridized carbons (Fsp3) is 0.812. The Morgan fingerprint density at radius 2 is 2.10 bits per heavy atom. The number of hydrogen-bond donors (Lipinski definition) is 3. The number of carbonyl (C=O) groups excluding carboxylic acids is 1. The fourth-order valence-electron chi connectivity index (χ4n) is 4.51. The smallest absolute Gasteiger partial charge is 0.251 e. The number of rotatable bonds is 1. The van der Waals surface area contributed by atoms with E-state index in [4.69, 9.17) is 4.74 Å². The topological polar surface area (TPSA) is 87.0 Å². The maximum Gasteiger partial charge on any atom is 0.251 e. The van der Waals surface area contributed by atoms with Crippen molar-refractivity contribution < 1.29 is 24.9 Å². The lowest BCUT2D eigenvalue weighted by molar-refractivity contribution is -0.285. The molecule has 0 aromatic heterocycles. The third kappa shape index (κ3) is 1.88. The highest BCUT2D eigenvalue weighted by Crippen LogP contribution is 2.57. The lowest BCUT2D eigenvalue weighted by atomic mass is 9.50. The lowest BCUT2D eigenvalue weighted by Gasteiger charge is -2.58. The van der Waals surface area contributed by atoms with Crippen molar-refractivity contribution in [3.8, 4) is 0 Å². The van der Waals surface area contributed by atoms with E-state index < -0.39 is 29.2 Å². The minimum atomic E-state index is -2.19. The first-order valence-corrected chi connectivity index (χ1v) is 7.71. The number of carbonyl (C=O) groups is 1. The second kappa shape index (κ2) is 4.62. The first kappa shape index (κ1) is 15.2. The molecule has 2 aliphatic carbocycles. The summed E-state index contributed by atoms with van der Waals surface area (Å²) >= 11 is 0. The summed E-state index contributed by atoms with van der Waals surface area (Å²) in [7, 11) is 0.